The summed E-state index contributed by atoms with van der Waals surface area (Å²) in [7, 11) is 1.34. The highest BCUT2D eigenvalue weighted by molar-refractivity contribution is 5.85. The summed E-state index contributed by atoms with van der Waals surface area (Å²) in [6, 6.07) is 3.19. The molecule has 4 nitrogen and oxygen atoms in total. The zero-order valence-electron chi connectivity index (χ0n) is 12.9. The number of piperazine rings is 1. The Hall–Kier alpha value is -0.960. The molecule has 1 aromatic carbocycles. The lowest BCUT2D eigenvalue weighted by Crippen LogP contribution is -2.45. The third kappa shape index (κ3) is 6.16. The van der Waals surface area contributed by atoms with Crippen LogP contribution >= 0.6 is 24.8 Å². The van der Waals surface area contributed by atoms with Crippen LogP contribution < -0.4 is 14.8 Å². The Morgan fingerprint density at radius 1 is 1.21 bits per heavy atom. The molecule has 1 saturated heterocycles. The Morgan fingerprint density at radius 3 is 2.33 bits per heavy atom. The molecule has 1 atom stereocenters. The summed E-state index contributed by atoms with van der Waals surface area (Å²) in [6.45, 7) is 2.18. The molecule has 0 unspecified atom stereocenters. The average Bonchev–Trinajstić information content (AvgIpc) is 2.48. The van der Waals surface area contributed by atoms with Crippen molar-refractivity contribution in [3.05, 3.63) is 23.8 Å². The molecule has 140 valence electrons. The van der Waals surface area contributed by atoms with E-state index in [1.165, 1.54) is 19.2 Å². The van der Waals surface area contributed by atoms with Crippen molar-refractivity contribution < 1.29 is 27.0 Å². The zero-order chi connectivity index (χ0) is 16.2. The summed E-state index contributed by atoms with van der Waals surface area (Å²) in [4.78, 5) is 1.94. The summed E-state index contributed by atoms with van der Waals surface area (Å²) in [5.74, 6) is -0.200. The second-order valence-electron chi connectivity index (χ2n) is 4.91. The normalized spacial score (nSPS) is 16.5. The molecule has 1 fully saturated rings. The van der Waals surface area contributed by atoms with E-state index in [0.29, 0.717) is 18.7 Å². The fraction of sp³-hybridized carbons (Fsp3) is 0.571. The fourth-order valence-corrected chi connectivity index (χ4v) is 2.54. The van der Waals surface area contributed by atoms with Gasteiger partial charge in [-0.05, 0) is 12.1 Å². The Bertz CT molecular complexity index is 500. The number of hydrogen-bond donors (Lipinski definition) is 1. The first-order chi connectivity index (χ1) is 10.4. The summed E-state index contributed by atoms with van der Waals surface area (Å²) < 4.78 is 59.2. The van der Waals surface area contributed by atoms with Gasteiger partial charge in [-0.2, -0.15) is 0 Å². The maximum absolute atomic E-state index is 13.5. The molecule has 1 aliphatic rings. The van der Waals surface area contributed by atoms with Gasteiger partial charge in [-0.1, -0.05) is 0 Å². The van der Waals surface area contributed by atoms with Gasteiger partial charge in [-0.25, -0.2) is 4.39 Å². The van der Waals surface area contributed by atoms with E-state index in [4.69, 9.17) is 4.74 Å². The van der Waals surface area contributed by atoms with E-state index in [-0.39, 0.29) is 36.3 Å². The lowest BCUT2D eigenvalue weighted by Gasteiger charge is -2.34. The lowest BCUT2D eigenvalue weighted by atomic mass is 10.0. The molecular formula is C14H20Cl2F4N2O2. The molecule has 1 heterocycles. The van der Waals surface area contributed by atoms with E-state index in [9.17, 15) is 17.6 Å². The van der Waals surface area contributed by atoms with Crippen LogP contribution in [0.2, 0.25) is 0 Å². The minimum atomic E-state index is -4.77. The predicted molar refractivity (Wildman–Crippen MR) is 87.3 cm³/mol. The van der Waals surface area contributed by atoms with Gasteiger partial charge >= 0.3 is 6.36 Å². The number of rotatable bonds is 5. The van der Waals surface area contributed by atoms with Crippen LogP contribution in [0, 0.1) is 0 Å². The third-order valence-electron chi connectivity index (χ3n) is 3.54. The van der Waals surface area contributed by atoms with Gasteiger partial charge in [0.2, 0.25) is 0 Å². The topological polar surface area (TPSA) is 33.7 Å². The summed E-state index contributed by atoms with van der Waals surface area (Å²) in [5, 5.41) is 3.17. The third-order valence-corrected chi connectivity index (χ3v) is 3.54. The summed E-state index contributed by atoms with van der Waals surface area (Å²) in [6.07, 6.45) is -4.77. The van der Waals surface area contributed by atoms with Crippen LogP contribution in [0.1, 0.15) is 11.6 Å². The number of nitrogens with zero attached hydrogens (tertiary/aromatic N) is 1. The van der Waals surface area contributed by atoms with Crippen molar-refractivity contribution >= 4 is 24.8 Å². The first-order valence-corrected chi connectivity index (χ1v) is 6.89. The Morgan fingerprint density at radius 2 is 1.83 bits per heavy atom. The number of hydrogen-bond acceptors (Lipinski definition) is 4. The molecule has 2 rings (SSSR count). The summed E-state index contributed by atoms with van der Waals surface area (Å²) in [5.41, 5.74) is 0.515. The van der Waals surface area contributed by atoms with E-state index in [0.717, 1.165) is 19.2 Å². The van der Waals surface area contributed by atoms with Gasteiger partial charge in [0.15, 0.2) is 0 Å². The van der Waals surface area contributed by atoms with Gasteiger partial charge < -0.3 is 14.8 Å². The number of nitrogens with one attached hydrogen (secondary N) is 1. The molecule has 1 aliphatic heterocycles. The van der Waals surface area contributed by atoms with E-state index in [2.05, 4.69) is 10.1 Å². The molecule has 0 amide bonds. The van der Waals surface area contributed by atoms with Gasteiger partial charge in [0, 0.05) is 37.8 Å². The quantitative estimate of drug-likeness (QED) is 0.776. The molecular weight excluding hydrogens is 375 g/mol. The molecule has 24 heavy (non-hydrogen) atoms. The second kappa shape index (κ2) is 10.1. The zero-order valence-corrected chi connectivity index (χ0v) is 14.6. The van der Waals surface area contributed by atoms with Crippen LogP contribution in [0.25, 0.3) is 0 Å². The number of ether oxygens (including phenoxy) is 2. The molecule has 0 saturated carbocycles. The minimum absolute atomic E-state index is 0. The molecule has 0 bridgehead atoms. The van der Waals surface area contributed by atoms with Crippen molar-refractivity contribution in [1.82, 2.24) is 10.2 Å². The van der Waals surface area contributed by atoms with Gasteiger partial charge in [0.25, 0.3) is 0 Å². The highest BCUT2D eigenvalue weighted by Gasteiger charge is 2.32. The van der Waals surface area contributed by atoms with Crippen LogP contribution in [0.3, 0.4) is 0 Å². The highest BCUT2D eigenvalue weighted by Crippen LogP contribution is 2.34. The van der Waals surface area contributed by atoms with Crippen LogP contribution in [0.5, 0.6) is 11.5 Å². The maximum atomic E-state index is 13.5. The minimum Gasteiger partial charge on any atom is -0.496 e. The highest BCUT2D eigenvalue weighted by atomic mass is 35.5. The number of halogens is 6. The van der Waals surface area contributed by atoms with Crippen LogP contribution in [-0.2, 0) is 0 Å². The molecule has 1 aromatic rings. The van der Waals surface area contributed by atoms with Crippen LogP contribution in [0.4, 0.5) is 17.6 Å². The van der Waals surface area contributed by atoms with E-state index >= 15 is 0 Å². The second-order valence-corrected chi connectivity index (χ2v) is 4.91. The summed E-state index contributed by atoms with van der Waals surface area (Å²) >= 11 is 0. The molecule has 0 aliphatic carbocycles. The van der Waals surface area contributed by atoms with Gasteiger partial charge in [-0.15, -0.1) is 38.0 Å². The van der Waals surface area contributed by atoms with E-state index in [1.807, 2.05) is 4.90 Å². The SMILES string of the molecule is COc1cc(OC(F)(F)F)ccc1[C@@H](CF)N1CCNCC1.Cl.Cl. The molecule has 0 aromatic heterocycles. The molecule has 0 radical (unpaired) electrons. The largest absolute Gasteiger partial charge is 0.573 e. The fourth-order valence-electron chi connectivity index (χ4n) is 2.54. The van der Waals surface area contributed by atoms with Crippen molar-refractivity contribution in [2.45, 2.75) is 12.4 Å². The van der Waals surface area contributed by atoms with Crippen molar-refractivity contribution in [2.75, 3.05) is 40.0 Å². The van der Waals surface area contributed by atoms with Crippen LogP contribution in [-0.4, -0.2) is 51.2 Å². The standard InChI is InChI=1S/C14H18F4N2O2.2ClH/c1-21-13-8-10(22-14(16,17)18)2-3-11(13)12(9-15)20-6-4-19-5-7-20;;/h2-3,8,12,19H,4-7,9H2,1H3;2*1H/t12-;;/m1../s1. The number of benzene rings is 1. The van der Waals surface area contributed by atoms with Crippen molar-refractivity contribution in [2.24, 2.45) is 0 Å². The first kappa shape index (κ1) is 23.0. The predicted octanol–water partition coefficient (Wildman–Crippen LogP) is 3.35. The molecule has 10 heteroatoms. The van der Waals surface area contributed by atoms with Crippen LogP contribution in [0.15, 0.2) is 18.2 Å². The Labute approximate surface area is 150 Å². The molecule has 1 N–H and O–H groups in total. The van der Waals surface area contributed by atoms with Gasteiger partial charge in [-0.3, -0.25) is 4.90 Å². The van der Waals surface area contributed by atoms with E-state index in [1.54, 1.807) is 0 Å². The van der Waals surface area contributed by atoms with Crippen molar-refractivity contribution in [3.63, 3.8) is 0 Å². The number of methoxy groups -OCH3 is 1. The van der Waals surface area contributed by atoms with E-state index < -0.39 is 19.1 Å². The Balaban J connectivity index is 0.00000264. The van der Waals surface area contributed by atoms with Gasteiger partial charge in [0.05, 0.1) is 13.2 Å². The molecule has 0 spiro atoms. The lowest BCUT2D eigenvalue weighted by molar-refractivity contribution is -0.274. The Kier molecular flexibility index (Phi) is 9.72. The first-order valence-electron chi connectivity index (χ1n) is 6.89. The average molecular weight is 395 g/mol. The van der Waals surface area contributed by atoms with Gasteiger partial charge in [0.1, 0.15) is 18.2 Å². The van der Waals surface area contributed by atoms with Crippen molar-refractivity contribution in [3.8, 4) is 11.5 Å². The maximum Gasteiger partial charge on any atom is 0.573 e. The monoisotopic (exact) mass is 394 g/mol. The van der Waals surface area contributed by atoms with Crippen molar-refractivity contribution in [1.29, 1.82) is 0 Å². The smallest absolute Gasteiger partial charge is 0.496 e. The number of alkyl halides is 4.